The molecule has 0 aliphatic rings. The summed E-state index contributed by atoms with van der Waals surface area (Å²) in [6.07, 6.45) is 8.21. The van der Waals surface area contributed by atoms with Crippen LogP contribution in [0.25, 0.3) is 0 Å². The van der Waals surface area contributed by atoms with E-state index in [2.05, 4.69) is 31.2 Å². The molecule has 0 heterocycles. The predicted molar refractivity (Wildman–Crippen MR) is 74.9 cm³/mol. The number of hydrogen-bond acceptors (Lipinski definition) is 1. The van der Waals surface area contributed by atoms with Gasteiger partial charge in [-0.25, -0.2) is 0 Å². The zero-order valence-corrected chi connectivity index (χ0v) is 11.3. The molecule has 2 nitrogen and oxygen atoms in total. The molecule has 0 fully saturated rings. The first-order chi connectivity index (χ1) is 8.72. The summed E-state index contributed by atoms with van der Waals surface area (Å²) < 4.78 is 0. The van der Waals surface area contributed by atoms with E-state index in [9.17, 15) is 4.79 Å². The first-order valence-corrected chi connectivity index (χ1v) is 7.02. The fraction of sp³-hybridized carbons (Fsp3) is 0.562. The molecule has 0 aliphatic carbocycles. The van der Waals surface area contributed by atoms with Crippen molar-refractivity contribution in [2.45, 2.75) is 58.3 Å². The fourth-order valence-corrected chi connectivity index (χ4v) is 2.07. The van der Waals surface area contributed by atoms with Crippen LogP contribution in [0, 0.1) is 0 Å². The van der Waals surface area contributed by atoms with Crippen molar-refractivity contribution in [3.63, 3.8) is 0 Å². The Balaban J connectivity index is 2.26. The molecule has 0 saturated carbocycles. The van der Waals surface area contributed by atoms with E-state index < -0.39 is 5.97 Å². The summed E-state index contributed by atoms with van der Waals surface area (Å²) in [6.45, 7) is 2.23. The van der Waals surface area contributed by atoms with Crippen LogP contribution < -0.4 is 0 Å². The van der Waals surface area contributed by atoms with E-state index in [4.69, 9.17) is 5.11 Å². The molecule has 0 aromatic heterocycles. The SMILES string of the molecule is CCCCCCc1ccc(CCCC(=O)O)cc1. The summed E-state index contributed by atoms with van der Waals surface area (Å²) in [5.74, 6) is -0.706. The molecule has 0 radical (unpaired) electrons. The Labute approximate surface area is 110 Å². The van der Waals surface area contributed by atoms with Crippen LogP contribution in [0.5, 0.6) is 0 Å². The van der Waals surface area contributed by atoms with Gasteiger partial charge < -0.3 is 5.11 Å². The smallest absolute Gasteiger partial charge is 0.303 e. The largest absolute Gasteiger partial charge is 0.481 e. The number of aliphatic carboxylic acids is 1. The van der Waals surface area contributed by atoms with Crippen molar-refractivity contribution in [1.82, 2.24) is 0 Å². The van der Waals surface area contributed by atoms with Crippen LogP contribution in [0.15, 0.2) is 24.3 Å². The summed E-state index contributed by atoms with van der Waals surface area (Å²) in [5.41, 5.74) is 2.64. The highest BCUT2D eigenvalue weighted by Crippen LogP contribution is 2.11. The van der Waals surface area contributed by atoms with Crippen molar-refractivity contribution in [3.8, 4) is 0 Å². The lowest BCUT2D eigenvalue weighted by Crippen LogP contribution is -1.96. The molecular formula is C16H24O2. The maximum absolute atomic E-state index is 10.4. The molecule has 2 heteroatoms. The van der Waals surface area contributed by atoms with Gasteiger partial charge in [-0.3, -0.25) is 4.79 Å². The Kier molecular flexibility index (Phi) is 7.16. The Hall–Kier alpha value is -1.31. The number of aryl methyl sites for hydroxylation is 2. The van der Waals surface area contributed by atoms with Crippen LogP contribution in [0.3, 0.4) is 0 Å². The summed E-state index contributed by atoms with van der Waals surface area (Å²) in [6, 6.07) is 8.64. The highest BCUT2D eigenvalue weighted by molar-refractivity contribution is 5.66. The molecular weight excluding hydrogens is 224 g/mol. The second-order valence-electron chi connectivity index (χ2n) is 4.87. The maximum Gasteiger partial charge on any atom is 0.303 e. The topological polar surface area (TPSA) is 37.3 Å². The molecule has 1 rings (SSSR count). The molecule has 0 aliphatic heterocycles. The van der Waals surface area contributed by atoms with Crippen molar-refractivity contribution >= 4 is 5.97 Å². The molecule has 0 bridgehead atoms. The van der Waals surface area contributed by atoms with E-state index in [1.54, 1.807) is 0 Å². The zero-order chi connectivity index (χ0) is 13.2. The molecule has 1 N–H and O–H groups in total. The molecule has 100 valence electrons. The van der Waals surface area contributed by atoms with Crippen LogP contribution in [-0.2, 0) is 17.6 Å². The normalized spacial score (nSPS) is 10.5. The van der Waals surface area contributed by atoms with Crippen LogP contribution in [0.2, 0.25) is 0 Å². The zero-order valence-electron chi connectivity index (χ0n) is 11.3. The number of rotatable bonds is 9. The molecule has 0 saturated heterocycles. The summed E-state index contributed by atoms with van der Waals surface area (Å²) >= 11 is 0. The lowest BCUT2D eigenvalue weighted by atomic mass is 10.0. The minimum Gasteiger partial charge on any atom is -0.481 e. The highest BCUT2D eigenvalue weighted by atomic mass is 16.4. The number of benzene rings is 1. The third-order valence-electron chi connectivity index (χ3n) is 3.20. The quantitative estimate of drug-likeness (QED) is 0.664. The van der Waals surface area contributed by atoms with Crippen molar-refractivity contribution in [2.24, 2.45) is 0 Å². The number of carboxylic acids is 1. The van der Waals surface area contributed by atoms with Crippen molar-refractivity contribution in [1.29, 1.82) is 0 Å². The Morgan fingerprint density at radius 2 is 1.50 bits per heavy atom. The second kappa shape index (κ2) is 8.73. The van der Waals surface area contributed by atoms with Gasteiger partial charge in [-0.15, -0.1) is 0 Å². The van der Waals surface area contributed by atoms with Gasteiger partial charge in [-0.2, -0.15) is 0 Å². The van der Waals surface area contributed by atoms with Gasteiger partial charge in [0.15, 0.2) is 0 Å². The van der Waals surface area contributed by atoms with E-state index in [0.717, 1.165) is 19.3 Å². The monoisotopic (exact) mass is 248 g/mol. The third kappa shape index (κ3) is 6.43. The molecule has 0 amide bonds. The average Bonchev–Trinajstić information content (AvgIpc) is 2.36. The molecule has 0 atom stereocenters. The molecule has 0 spiro atoms. The number of hydrogen-bond donors (Lipinski definition) is 1. The van der Waals surface area contributed by atoms with E-state index in [1.807, 2.05) is 0 Å². The molecule has 1 aromatic carbocycles. The van der Waals surface area contributed by atoms with E-state index >= 15 is 0 Å². The van der Waals surface area contributed by atoms with Crippen molar-refractivity contribution in [2.75, 3.05) is 0 Å². The van der Waals surface area contributed by atoms with Gasteiger partial charge in [0.2, 0.25) is 0 Å². The summed E-state index contributed by atoms with van der Waals surface area (Å²) in [7, 11) is 0. The van der Waals surface area contributed by atoms with Crippen LogP contribution in [-0.4, -0.2) is 11.1 Å². The van der Waals surface area contributed by atoms with Gasteiger partial charge in [0.05, 0.1) is 0 Å². The standard InChI is InChI=1S/C16H24O2/c1-2-3-4-5-7-14-10-12-15(13-11-14)8-6-9-16(17)18/h10-13H,2-9H2,1H3,(H,17,18). The van der Waals surface area contributed by atoms with Gasteiger partial charge >= 0.3 is 5.97 Å². The minimum absolute atomic E-state index is 0.263. The lowest BCUT2D eigenvalue weighted by Gasteiger charge is -2.04. The summed E-state index contributed by atoms with van der Waals surface area (Å²) in [5, 5.41) is 8.58. The Morgan fingerprint density at radius 1 is 0.944 bits per heavy atom. The van der Waals surface area contributed by atoms with Gasteiger partial charge in [-0.05, 0) is 36.8 Å². The van der Waals surface area contributed by atoms with Crippen LogP contribution in [0.4, 0.5) is 0 Å². The Bertz CT molecular complexity index is 341. The van der Waals surface area contributed by atoms with Crippen molar-refractivity contribution < 1.29 is 9.90 Å². The molecule has 18 heavy (non-hydrogen) atoms. The van der Waals surface area contributed by atoms with Crippen LogP contribution in [0.1, 0.15) is 56.6 Å². The molecule has 1 aromatic rings. The van der Waals surface area contributed by atoms with E-state index in [0.29, 0.717) is 0 Å². The third-order valence-corrected chi connectivity index (χ3v) is 3.20. The first-order valence-electron chi connectivity index (χ1n) is 7.02. The number of carbonyl (C=O) groups is 1. The number of unbranched alkanes of at least 4 members (excludes halogenated alkanes) is 3. The predicted octanol–water partition coefficient (Wildman–Crippen LogP) is 4.22. The first kappa shape index (κ1) is 14.7. The van der Waals surface area contributed by atoms with Gasteiger partial charge in [-0.1, -0.05) is 50.5 Å². The van der Waals surface area contributed by atoms with Gasteiger partial charge in [0, 0.05) is 6.42 Å². The van der Waals surface area contributed by atoms with E-state index in [-0.39, 0.29) is 6.42 Å². The van der Waals surface area contributed by atoms with Crippen LogP contribution >= 0.6 is 0 Å². The minimum atomic E-state index is -0.706. The molecule has 0 unspecified atom stereocenters. The van der Waals surface area contributed by atoms with E-state index in [1.165, 1.54) is 36.8 Å². The maximum atomic E-state index is 10.4. The van der Waals surface area contributed by atoms with Gasteiger partial charge in [0.1, 0.15) is 0 Å². The highest BCUT2D eigenvalue weighted by Gasteiger charge is 1.99. The fourth-order valence-electron chi connectivity index (χ4n) is 2.07. The summed E-state index contributed by atoms with van der Waals surface area (Å²) in [4.78, 5) is 10.4. The average molecular weight is 248 g/mol. The van der Waals surface area contributed by atoms with Gasteiger partial charge in [0.25, 0.3) is 0 Å². The van der Waals surface area contributed by atoms with Crippen molar-refractivity contribution in [3.05, 3.63) is 35.4 Å². The second-order valence-corrected chi connectivity index (χ2v) is 4.87. The number of carboxylic acid groups (broad SMARTS) is 1. The lowest BCUT2D eigenvalue weighted by molar-refractivity contribution is -0.137. The Morgan fingerprint density at radius 3 is 2.00 bits per heavy atom.